The van der Waals surface area contributed by atoms with Gasteiger partial charge in [0.25, 0.3) is 0 Å². The molecule has 0 bridgehead atoms. The van der Waals surface area contributed by atoms with E-state index in [-0.39, 0.29) is 0 Å². The number of nitrogens with zero attached hydrogens (tertiary/aromatic N) is 1. The SMILES string of the molecule is CNc1c(I)ncc(-c2cccs2)c1C. The summed E-state index contributed by atoms with van der Waals surface area (Å²) < 4.78 is 1.02. The zero-order valence-electron chi connectivity index (χ0n) is 8.54. The van der Waals surface area contributed by atoms with Crippen molar-refractivity contribution >= 4 is 39.6 Å². The average Bonchev–Trinajstić information content (AvgIpc) is 2.71. The van der Waals surface area contributed by atoms with Crippen LogP contribution >= 0.6 is 33.9 Å². The third-order valence-electron chi connectivity index (χ3n) is 2.33. The summed E-state index contributed by atoms with van der Waals surface area (Å²) in [6.07, 6.45) is 1.95. The molecule has 2 aromatic heterocycles. The fourth-order valence-electron chi connectivity index (χ4n) is 1.54. The second-order valence-corrected chi connectivity index (χ2v) is 5.16. The van der Waals surface area contributed by atoms with E-state index in [0.29, 0.717) is 0 Å². The van der Waals surface area contributed by atoms with E-state index in [1.807, 2.05) is 13.2 Å². The largest absolute Gasteiger partial charge is 0.386 e. The molecule has 0 radical (unpaired) electrons. The molecular weight excluding hydrogens is 319 g/mol. The fourth-order valence-corrected chi connectivity index (χ4v) is 3.15. The van der Waals surface area contributed by atoms with Crippen LogP contribution < -0.4 is 5.32 Å². The molecule has 0 atom stereocenters. The van der Waals surface area contributed by atoms with Gasteiger partial charge in [0.1, 0.15) is 3.70 Å². The van der Waals surface area contributed by atoms with Crippen LogP contribution in [0.25, 0.3) is 10.4 Å². The second kappa shape index (κ2) is 4.49. The molecule has 4 heteroatoms. The molecule has 0 aliphatic heterocycles. The van der Waals surface area contributed by atoms with E-state index in [4.69, 9.17) is 0 Å². The van der Waals surface area contributed by atoms with E-state index < -0.39 is 0 Å². The summed E-state index contributed by atoms with van der Waals surface area (Å²) in [6, 6.07) is 4.19. The van der Waals surface area contributed by atoms with Crippen molar-refractivity contribution in [1.29, 1.82) is 0 Å². The Bertz CT molecular complexity index is 466. The van der Waals surface area contributed by atoms with Gasteiger partial charge in [-0.1, -0.05) is 6.07 Å². The maximum Gasteiger partial charge on any atom is 0.124 e. The number of aromatic nitrogens is 1. The van der Waals surface area contributed by atoms with Crippen LogP contribution in [0.5, 0.6) is 0 Å². The quantitative estimate of drug-likeness (QED) is 0.670. The van der Waals surface area contributed by atoms with Gasteiger partial charge in [0, 0.05) is 23.7 Å². The van der Waals surface area contributed by atoms with Crippen molar-refractivity contribution in [2.75, 3.05) is 12.4 Å². The number of rotatable bonds is 2. The molecule has 0 unspecified atom stereocenters. The highest BCUT2D eigenvalue weighted by Gasteiger charge is 2.10. The van der Waals surface area contributed by atoms with Gasteiger partial charge < -0.3 is 5.32 Å². The molecule has 0 saturated carbocycles. The maximum atomic E-state index is 4.40. The Balaban J connectivity index is 2.60. The summed E-state index contributed by atoms with van der Waals surface area (Å²) in [5.41, 5.74) is 3.61. The molecule has 0 spiro atoms. The van der Waals surface area contributed by atoms with Gasteiger partial charge in [-0.25, -0.2) is 4.98 Å². The minimum absolute atomic E-state index is 1.02. The Morgan fingerprint density at radius 3 is 2.87 bits per heavy atom. The van der Waals surface area contributed by atoms with Crippen molar-refractivity contribution < 1.29 is 0 Å². The first kappa shape index (κ1) is 10.9. The first-order valence-electron chi connectivity index (χ1n) is 4.60. The van der Waals surface area contributed by atoms with Crippen LogP contribution in [0.2, 0.25) is 0 Å². The molecule has 2 heterocycles. The third kappa shape index (κ3) is 2.01. The Labute approximate surface area is 107 Å². The summed E-state index contributed by atoms with van der Waals surface area (Å²) in [4.78, 5) is 5.67. The molecular formula is C11H11IN2S. The molecule has 0 fully saturated rings. The number of hydrogen-bond donors (Lipinski definition) is 1. The van der Waals surface area contributed by atoms with Gasteiger partial charge in [-0.2, -0.15) is 0 Å². The highest BCUT2D eigenvalue weighted by molar-refractivity contribution is 14.1. The monoisotopic (exact) mass is 330 g/mol. The summed E-state index contributed by atoms with van der Waals surface area (Å²) in [6.45, 7) is 2.13. The van der Waals surface area contributed by atoms with E-state index in [0.717, 1.165) is 9.39 Å². The van der Waals surface area contributed by atoms with Crippen LogP contribution in [0.1, 0.15) is 5.56 Å². The molecule has 0 aliphatic rings. The molecule has 0 aromatic carbocycles. The van der Waals surface area contributed by atoms with Crippen LogP contribution in [-0.4, -0.2) is 12.0 Å². The maximum absolute atomic E-state index is 4.40. The fraction of sp³-hybridized carbons (Fsp3) is 0.182. The van der Waals surface area contributed by atoms with Crippen LogP contribution in [0.3, 0.4) is 0 Å². The number of thiophene rings is 1. The Morgan fingerprint density at radius 2 is 2.27 bits per heavy atom. The van der Waals surface area contributed by atoms with Crippen LogP contribution in [0.4, 0.5) is 5.69 Å². The van der Waals surface area contributed by atoms with Gasteiger partial charge in [-0.3, -0.25) is 0 Å². The van der Waals surface area contributed by atoms with E-state index in [9.17, 15) is 0 Å². The first-order valence-corrected chi connectivity index (χ1v) is 6.56. The summed E-state index contributed by atoms with van der Waals surface area (Å²) in [5, 5.41) is 5.29. The number of hydrogen-bond acceptors (Lipinski definition) is 3. The summed E-state index contributed by atoms with van der Waals surface area (Å²) >= 11 is 4.00. The van der Waals surface area contributed by atoms with Crippen molar-refractivity contribution in [2.24, 2.45) is 0 Å². The Hall–Kier alpha value is -0.620. The standard InChI is InChI=1S/C11H11IN2S/c1-7-8(9-4-3-5-15-9)6-14-11(12)10(7)13-2/h3-6,13H,1-2H3. The van der Waals surface area contributed by atoms with E-state index in [1.165, 1.54) is 16.0 Å². The molecule has 0 amide bonds. The number of anilines is 1. The lowest BCUT2D eigenvalue weighted by Gasteiger charge is -2.10. The van der Waals surface area contributed by atoms with E-state index >= 15 is 0 Å². The predicted octanol–water partition coefficient (Wildman–Crippen LogP) is 3.76. The Kier molecular flexibility index (Phi) is 3.25. The predicted molar refractivity (Wildman–Crippen MR) is 74.6 cm³/mol. The van der Waals surface area contributed by atoms with E-state index in [1.54, 1.807) is 11.3 Å². The topological polar surface area (TPSA) is 24.9 Å². The highest BCUT2D eigenvalue weighted by atomic mass is 127. The molecule has 15 heavy (non-hydrogen) atoms. The van der Waals surface area contributed by atoms with Crippen molar-refractivity contribution in [2.45, 2.75) is 6.92 Å². The molecule has 2 nitrogen and oxygen atoms in total. The van der Waals surface area contributed by atoms with Gasteiger partial charge in [-0.05, 0) is 46.5 Å². The molecule has 1 N–H and O–H groups in total. The van der Waals surface area contributed by atoms with Gasteiger partial charge in [-0.15, -0.1) is 11.3 Å². The van der Waals surface area contributed by atoms with Crippen LogP contribution in [0, 0.1) is 10.6 Å². The lowest BCUT2D eigenvalue weighted by Crippen LogP contribution is -1.98. The second-order valence-electron chi connectivity index (χ2n) is 3.19. The molecule has 78 valence electrons. The molecule has 2 aromatic rings. The molecule has 0 aliphatic carbocycles. The van der Waals surface area contributed by atoms with Gasteiger partial charge in [0.15, 0.2) is 0 Å². The first-order chi connectivity index (χ1) is 7.24. The van der Waals surface area contributed by atoms with E-state index in [2.05, 4.69) is 57.3 Å². The molecule has 0 saturated heterocycles. The third-order valence-corrected chi connectivity index (χ3v) is 4.05. The zero-order valence-corrected chi connectivity index (χ0v) is 11.5. The van der Waals surface area contributed by atoms with Crippen molar-refractivity contribution in [3.8, 4) is 10.4 Å². The number of pyridine rings is 1. The van der Waals surface area contributed by atoms with Gasteiger partial charge >= 0.3 is 0 Å². The zero-order chi connectivity index (χ0) is 10.8. The lowest BCUT2D eigenvalue weighted by atomic mass is 10.1. The minimum atomic E-state index is 1.02. The van der Waals surface area contributed by atoms with Crippen LogP contribution in [-0.2, 0) is 0 Å². The number of nitrogens with one attached hydrogen (secondary N) is 1. The highest BCUT2D eigenvalue weighted by Crippen LogP contribution is 2.32. The minimum Gasteiger partial charge on any atom is -0.386 e. The number of halogens is 1. The average molecular weight is 330 g/mol. The smallest absolute Gasteiger partial charge is 0.124 e. The van der Waals surface area contributed by atoms with Crippen molar-refractivity contribution in [1.82, 2.24) is 4.98 Å². The van der Waals surface area contributed by atoms with Gasteiger partial charge in [0.05, 0.1) is 5.69 Å². The van der Waals surface area contributed by atoms with Gasteiger partial charge in [0.2, 0.25) is 0 Å². The van der Waals surface area contributed by atoms with Crippen molar-refractivity contribution in [3.63, 3.8) is 0 Å². The van der Waals surface area contributed by atoms with Crippen molar-refractivity contribution in [3.05, 3.63) is 33.0 Å². The summed E-state index contributed by atoms with van der Waals surface area (Å²) in [7, 11) is 1.93. The van der Waals surface area contributed by atoms with Crippen LogP contribution in [0.15, 0.2) is 23.7 Å². The summed E-state index contributed by atoms with van der Waals surface area (Å²) in [5.74, 6) is 0. The Morgan fingerprint density at radius 1 is 1.47 bits per heavy atom. The lowest BCUT2D eigenvalue weighted by molar-refractivity contribution is 1.23. The molecule has 2 rings (SSSR count). The normalized spacial score (nSPS) is 10.3.